The second-order valence-electron chi connectivity index (χ2n) is 3.63. The first-order valence-corrected chi connectivity index (χ1v) is 4.61. The van der Waals surface area contributed by atoms with E-state index in [1.54, 1.807) is 7.11 Å². The van der Waals surface area contributed by atoms with E-state index >= 15 is 0 Å². The quantitative estimate of drug-likeness (QED) is 0.757. The highest BCUT2D eigenvalue weighted by atomic mass is 16.5. The Hall–Kier alpha value is -0.940. The Bertz CT molecular complexity index is 283. The van der Waals surface area contributed by atoms with Gasteiger partial charge in [0.05, 0.1) is 12.1 Å². The number of methoxy groups -OCH3 is 1. The van der Waals surface area contributed by atoms with Gasteiger partial charge < -0.3 is 14.6 Å². The minimum Gasteiger partial charge on any atom is -0.384 e. The summed E-state index contributed by atoms with van der Waals surface area (Å²) in [5, 5.41) is 6.96. The number of nitrogens with one attached hydrogen (secondary N) is 1. The maximum atomic E-state index is 5.14. The lowest BCUT2D eigenvalue weighted by molar-refractivity contribution is 0.199. The van der Waals surface area contributed by atoms with Crippen molar-refractivity contribution in [1.82, 2.24) is 15.5 Å². The number of aromatic nitrogens is 2. The third kappa shape index (κ3) is 2.52. The van der Waals surface area contributed by atoms with Crippen molar-refractivity contribution >= 4 is 0 Å². The molecule has 1 aromatic rings. The van der Waals surface area contributed by atoms with Gasteiger partial charge in [0.15, 0.2) is 5.82 Å². The first kappa shape index (κ1) is 11.1. The first-order chi connectivity index (χ1) is 6.60. The molecule has 0 spiro atoms. The van der Waals surface area contributed by atoms with E-state index in [0.29, 0.717) is 24.7 Å². The van der Waals surface area contributed by atoms with E-state index in [-0.39, 0.29) is 5.54 Å². The SMILES string of the molecule is CNC(C)(C)c1nc(CCOC)no1. The van der Waals surface area contributed by atoms with E-state index in [4.69, 9.17) is 9.26 Å². The van der Waals surface area contributed by atoms with E-state index < -0.39 is 0 Å². The van der Waals surface area contributed by atoms with E-state index in [1.807, 2.05) is 20.9 Å². The van der Waals surface area contributed by atoms with Crippen LogP contribution in [0.15, 0.2) is 4.52 Å². The van der Waals surface area contributed by atoms with E-state index in [1.165, 1.54) is 0 Å². The first-order valence-electron chi connectivity index (χ1n) is 4.61. The molecule has 0 saturated carbocycles. The molecule has 0 unspecified atom stereocenters. The summed E-state index contributed by atoms with van der Waals surface area (Å²) >= 11 is 0. The Labute approximate surface area is 83.8 Å². The van der Waals surface area contributed by atoms with Crippen LogP contribution in [0.2, 0.25) is 0 Å². The largest absolute Gasteiger partial charge is 0.384 e. The Morgan fingerprint density at radius 3 is 2.79 bits per heavy atom. The van der Waals surface area contributed by atoms with Crippen molar-refractivity contribution in [2.45, 2.75) is 25.8 Å². The highest BCUT2D eigenvalue weighted by Crippen LogP contribution is 2.16. The fourth-order valence-corrected chi connectivity index (χ4v) is 0.910. The lowest BCUT2D eigenvalue weighted by Gasteiger charge is -2.17. The average molecular weight is 199 g/mol. The molecule has 0 saturated heterocycles. The van der Waals surface area contributed by atoms with Gasteiger partial charge >= 0.3 is 0 Å². The standard InChI is InChI=1S/C9H17N3O2/c1-9(2,10-3)8-11-7(12-14-8)5-6-13-4/h10H,5-6H2,1-4H3. The van der Waals surface area contributed by atoms with E-state index in [2.05, 4.69) is 15.5 Å². The zero-order valence-corrected chi connectivity index (χ0v) is 9.13. The van der Waals surface area contributed by atoms with Gasteiger partial charge in [-0.3, -0.25) is 0 Å². The monoisotopic (exact) mass is 199 g/mol. The molecule has 0 aliphatic heterocycles. The lowest BCUT2D eigenvalue weighted by atomic mass is 10.1. The third-order valence-corrected chi connectivity index (χ3v) is 2.16. The number of hydrogen-bond donors (Lipinski definition) is 1. The van der Waals surface area contributed by atoms with E-state index in [9.17, 15) is 0 Å². The van der Waals surface area contributed by atoms with Crippen LogP contribution < -0.4 is 5.32 Å². The Balaban J connectivity index is 2.67. The third-order valence-electron chi connectivity index (χ3n) is 2.16. The summed E-state index contributed by atoms with van der Waals surface area (Å²) in [4.78, 5) is 4.27. The summed E-state index contributed by atoms with van der Waals surface area (Å²) in [5.74, 6) is 1.29. The minimum absolute atomic E-state index is 0.279. The summed E-state index contributed by atoms with van der Waals surface area (Å²) in [6, 6.07) is 0. The van der Waals surface area contributed by atoms with E-state index in [0.717, 1.165) is 0 Å². The average Bonchev–Trinajstić information content (AvgIpc) is 2.63. The predicted molar refractivity (Wildman–Crippen MR) is 52.0 cm³/mol. The van der Waals surface area contributed by atoms with Crippen LogP contribution in [0.5, 0.6) is 0 Å². The van der Waals surface area contributed by atoms with Crippen LogP contribution in [-0.4, -0.2) is 30.9 Å². The summed E-state index contributed by atoms with van der Waals surface area (Å²) in [6.45, 7) is 4.58. The van der Waals surface area contributed by atoms with Gasteiger partial charge in [0.2, 0.25) is 5.89 Å². The van der Waals surface area contributed by atoms with Gasteiger partial charge in [-0.15, -0.1) is 0 Å². The van der Waals surface area contributed by atoms with Crippen molar-refractivity contribution in [1.29, 1.82) is 0 Å². The zero-order chi connectivity index (χ0) is 10.6. The normalized spacial score (nSPS) is 12.0. The molecule has 1 rings (SSSR count). The molecular weight excluding hydrogens is 182 g/mol. The molecule has 14 heavy (non-hydrogen) atoms. The maximum absolute atomic E-state index is 5.14. The molecule has 0 aromatic carbocycles. The fourth-order valence-electron chi connectivity index (χ4n) is 0.910. The molecule has 0 amide bonds. The highest BCUT2D eigenvalue weighted by Gasteiger charge is 2.25. The van der Waals surface area contributed by atoms with Crippen molar-refractivity contribution < 1.29 is 9.26 Å². The number of rotatable bonds is 5. The number of hydrogen-bond acceptors (Lipinski definition) is 5. The smallest absolute Gasteiger partial charge is 0.246 e. The second kappa shape index (κ2) is 4.52. The van der Waals surface area contributed by atoms with Crippen LogP contribution in [0, 0.1) is 0 Å². The van der Waals surface area contributed by atoms with Crippen LogP contribution in [0.4, 0.5) is 0 Å². The summed E-state index contributed by atoms with van der Waals surface area (Å²) in [6.07, 6.45) is 0.680. The maximum Gasteiger partial charge on any atom is 0.246 e. The molecule has 0 aliphatic carbocycles. The van der Waals surface area contributed by atoms with Gasteiger partial charge in [-0.1, -0.05) is 5.16 Å². The van der Waals surface area contributed by atoms with Crippen LogP contribution in [0.25, 0.3) is 0 Å². The van der Waals surface area contributed by atoms with Crippen LogP contribution in [-0.2, 0) is 16.7 Å². The molecule has 0 radical (unpaired) electrons. The fraction of sp³-hybridized carbons (Fsp3) is 0.778. The summed E-state index contributed by atoms with van der Waals surface area (Å²) < 4.78 is 10.1. The molecule has 0 aliphatic rings. The van der Waals surface area contributed by atoms with Gasteiger partial charge in [0.25, 0.3) is 0 Å². The highest BCUT2D eigenvalue weighted by molar-refractivity contribution is 4.98. The Morgan fingerprint density at radius 1 is 1.50 bits per heavy atom. The molecule has 0 fully saturated rings. The molecule has 80 valence electrons. The van der Waals surface area contributed by atoms with Crippen LogP contribution in [0.3, 0.4) is 0 Å². The molecule has 5 nitrogen and oxygen atoms in total. The van der Waals surface area contributed by atoms with Gasteiger partial charge in [0, 0.05) is 13.5 Å². The Morgan fingerprint density at radius 2 is 2.21 bits per heavy atom. The topological polar surface area (TPSA) is 60.2 Å². The molecule has 1 aromatic heterocycles. The predicted octanol–water partition coefficient (Wildman–Crippen LogP) is 0.713. The zero-order valence-electron chi connectivity index (χ0n) is 9.13. The van der Waals surface area contributed by atoms with Gasteiger partial charge in [0.1, 0.15) is 0 Å². The molecule has 1 heterocycles. The molecule has 5 heteroatoms. The summed E-state index contributed by atoms with van der Waals surface area (Å²) in [5.41, 5.74) is -0.279. The van der Waals surface area contributed by atoms with Gasteiger partial charge in [-0.05, 0) is 20.9 Å². The number of nitrogens with zero attached hydrogens (tertiary/aromatic N) is 2. The van der Waals surface area contributed by atoms with Gasteiger partial charge in [-0.25, -0.2) is 0 Å². The van der Waals surface area contributed by atoms with Crippen LogP contribution in [0.1, 0.15) is 25.6 Å². The molecule has 1 N–H and O–H groups in total. The lowest BCUT2D eigenvalue weighted by Crippen LogP contribution is -2.33. The minimum atomic E-state index is -0.279. The second-order valence-corrected chi connectivity index (χ2v) is 3.63. The molecule has 0 bridgehead atoms. The van der Waals surface area contributed by atoms with Crippen LogP contribution >= 0.6 is 0 Å². The van der Waals surface area contributed by atoms with Crippen molar-refractivity contribution in [2.75, 3.05) is 20.8 Å². The van der Waals surface area contributed by atoms with Crippen molar-refractivity contribution in [2.24, 2.45) is 0 Å². The molecule has 0 atom stereocenters. The van der Waals surface area contributed by atoms with Crippen molar-refractivity contribution in [3.63, 3.8) is 0 Å². The van der Waals surface area contributed by atoms with Crippen molar-refractivity contribution in [3.8, 4) is 0 Å². The van der Waals surface area contributed by atoms with Crippen molar-refractivity contribution in [3.05, 3.63) is 11.7 Å². The van der Waals surface area contributed by atoms with Gasteiger partial charge in [-0.2, -0.15) is 4.98 Å². The molecular formula is C9H17N3O2. The Kier molecular flexibility index (Phi) is 3.60. The summed E-state index contributed by atoms with van der Waals surface area (Å²) in [7, 11) is 3.51. The number of ether oxygens (including phenoxy) is 1.